The fourth-order valence-electron chi connectivity index (χ4n) is 2.45. The molecule has 0 saturated carbocycles. The molecule has 0 aliphatic rings. The van der Waals surface area contributed by atoms with Gasteiger partial charge in [-0.05, 0) is 31.0 Å². The first kappa shape index (κ1) is 21.6. The maximum atomic E-state index is 11.8. The number of carbonyl (C=O) groups excluding carboxylic acids is 1. The Hall–Kier alpha value is -2.48. The van der Waals surface area contributed by atoms with Crippen LogP contribution in [0, 0.1) is 5.92 Å². The molecule has 0 heterocycles. The number of aliphatic carboxylic acids is 1. The highest BCUT2D eigenvalue weighted by Gasteiger charge is 2.44. The Morgan fingerprint density at radius 2 is 1.88 bits per heavy atom. The third-order valence-corrected chi connectivity index (χ3v) is 4.45. The summed E-state index contributed by atoms with van der Waals surface area (Å²) < 4.78 is 10.1. The molecule has 0 aliphatic heterocycles. The highest BCUT2D eigenvalue weighted by molar-refractivity contribution is 5.79. The highest BCUT2D eigenvalue weighted by Crippen LogP contribution is 2.30. The van der Waals surface area contributed by atoms with E-state index in [2.05, 4.69) is 0 Å². The molecule has 0 spiro atoms. The lowest BCUT2D eigenvalue weighted by Crippen LogP contribution is -2.58. The van der Waals surface area contributed by atoms with E-state index in [0.717, 1.165) is 6.42 Å². The van der Waals surface area contributed by atoms with Gasteiger partial charge < -0.3 is 30.5 Å². The largest absolute Gasteiger partial charge is 0.508 e. The molecule has 3 atom stereocenters. The van der Waals surface area contributed by atoms with Crippen LogP contribution < -0.4 is 5.73 Å². The summed E-state index contributed by atoms with van der Waals surface area (Å²) in [7, 11) is 0. The molecular formula is C18H27NO7. The molecule has 0 aromatic heterocycles. The van der Waals surface area contributed by atoms with Crippen LogP contribution >= 0.6 is 0 Å². The van der Waals surface area contributed by atoms with Crippen LogP contribution in [0.3, 0.4) is 0 Å². The smallest absolute Gasteiger partial charge is 0.504 e. The Kier molecular flexibility index (Phi) is 7.70. The summed E-state index contributed by atoms with van der Waals surface area (Å²) in [4.78, 5) is 23.5. The maximum absolute atomic E-state index is 11.8. The monoisotopic (exact) mass is 369 g/mol. The normalized spacial score (nSPS) is 15.5. The van der Waals surface area contributed by atoms with Crippen molar-refractivity contribution in [1.29, 1.82) is 0 Å². The van der Waals surface area contributed by atoms with Gasteiger partial charge in [-0.25, -0.2) is 4.79 Å². The number of hydrogen-bond acceptors (Lipinski definition) is 7. The van der Waals surface area contributed by atoms with Gasteiger partial charge in [-0.1, -0.05) is 26.3 Å². The van der Waals surface area contributed by atoms with E-state index in [4.69, 9.17) is 15.2 Å². The first-order valence-electron chi connectivity index (χ1n) is 8.48. The van der Waals surface area contributed by atoms with Crippen LogP contribution in [0.1, 0.15) is 39.2 Å². The fourth-order valence-corrected chi connectivity index (χ4v) is 2.45. The first-order chi connectivity index (χ1) is 12.1. The number of unbranched alkanes of at least 4 members (excludes halogenated alkanes) is 1. The fraction of sp³-hybridized carbons (Fsp3) is 0.556. The van der Waals surface area contributed by atoms with Gasteiger partial charge >= 0.3 is 12.1 Å². The average Bonchev–Trinajstić information content (AvgIpc) is 2.57. The lowest BCUT2D eigenvalue weighted by atomic mass is 9.78. The van der Waals surface area contributed by atoms with Gasteiger partial charge in [0.25, 0.3) is 0 Å². The van der Waals surface area contributed by atoms with Gasteiger partial charge in [-0.2, -0.15) is 0 Å². The number of benzene rings is 1. The van der Waals surface area contributed by atoms with Crippen LogP contribution in [0.15, 0.2) is 18.2 Å². The van der Waals surface area contributed by atoms with E-state index in [-0.39, 0.29) is 24.5 Å². The Balaban J connectivity index is 2.86. The lowest BCUT2D eigenvalue weighted by molar-refractivity contribution is -0.147. The molecule has 1 aromatic rings. The molecule has 1 rings (SSSR count). The van der Waals surface area contributed by atoms with Crippen LogP contribution in [-0.4, -0.2) is 45.7 Å². The standard InChI is InChI=1S/C18H27NO7/c1-4-5-8-25-17(24)26-12(3)11(2)18(19,16(22)23)10-13-6-7-14(20)15(21)9-13/h6-7,9,11-12,20-21H,4-5,8,10,19H2,1-3H3,(H,22,23)/t11-,12-,18-/m1/s1. The molecule has 0 fully saturated rings. The minimum Gasteiger partial charge on any atom is -0.504 e. The van der Waals surface area contributed by atoms with Crippen molar-refractivity contribution in [1.82, 2.24) is 0 Å². The van der Waals surface area contributed by atoms with Gasteiger partial charge in [0.1, 0.15) is 11.6 Å². The molecule has 0 unspecified atom stereocenters. The van der Waals surface area contributed by atoms with E-state index in [9.17, 15) is 24.9 Å². The van der Waals surface area contributed by atoms with Crippen molar-refractivity contribution < 1.29 is 34.4 Å². The zero-order valence-corrected chi connectivity index (χ0v) is 15.3. The molecule has 1 aromatic carbocycles. The molecule has 0 aliphatic carbocycles. The number of carboxylic acid groups (broad SMARTS) is 1. The molecule has 0 amide bonds. The van der Waals surface area contributed by atoms with Crippen LogP contribution in [0.25, 0.3) is 0 Å². The molecular weight excluding hydrogens is 342 g/mol. The zero-order valence-electron chi connectivity index (χ0n) is 15.3. The molecule has 8 nitrogen and oxygen atoms in total. The van der Waals surface area contributed by atoms with Crippen molar-refractivity contribution in [3.63, 3.8) is 0 Å². The second-order valence-electron chi connectivity index (χ2n) is 6.41. The van der Waals surface area contributed by atoms with Gasteiger partial charge in [-0.3, -0.25) is 4.79 Å². The second kappa shape index (κ2) is 9.28. The predicted molar refractivity (Wildman–Crippen MR) is 94.0 cm³/mol. The van der Waals surface area contributed by atoms with E-state index in [1.165, 1.54) is 18.2 Å². The molecule has 0 radical (unpaired) electrons. The van der Waals surface area contributed by atoms with Crippen molar-refractivity contribution in [3.05, 3.63) is 23.8 Å². The molecule has 26 heavy (non-hydrogen) atoms. The van der Waals surface area contributed by atoms with Crippen molar-refractivity contribution in [2.75, 3.05) is 6.61 Å². The first-order valence-corrected chi connectivity index (χ1v) is 8.48. The number of ether oxygens (including phenoxy) is 2. The van der Waals surface area contributed by atoms with E-state index in [1.807, 2.05) is 6.92 Å². The second-order valence-corrected chi connectivity index (χ2v) is 6.41. The number of phenolic OH excluding ortho intramolecular Hbond substituents is 2. The number of carboxylic acids is 1. The molecule has 146 valence electrons. The van der Waals surface area contributed by atoms with Crippen molar-refractivity contribution in [2.24, 2.45) is 11.7 Å². The number of carbonyl (C=O) groups is 2. The van der Waals surface area contributed by atoms with Crippen LogP contribution in [-0.2, 0) is 20.7 Å². The quantitative estimate of drug-likeness (QED) is 0.295. The van der Waals surface area contributed by atoms with E-state index in [0.29, 0.717) is 12.0 Å². The predicted octanol–water partition coefficient (Wildman–Crippen LogP) is 2.40. The van der Waals surface area contributed by atoms with Crippen LogP contribution in [0.5, 0.6) is 11.5 Å². The molecule has 5 N–H and O–H groups in total. The van der Waals surface area contributed by atoms with Crippen LogP contribution in [0.2, 0.25) is 0 Å². The number of rotatable bonds is 9. The summed E-state index contributed by atoms with van der Waals surface area (Å²) in [6.45, 7) is 5.30. The van der Waals surface area contributed by atoms with Gasteiger partial charge in [0.05, 0.1) is 6.61 Å². The van der Waals surface area contributed by atoms with E-state index in [1.54, 1.807) is 13.8 Å². The average molecular weight is 369 g/mol. The minimum absolute atomic E-state index is 0.129. The SMILES string of the molecule is CCCCOC(=O)O[C@H](C)[C@@H](C)[C@](N)(Cc1ccc(O)c(O)c1)C(=O)O. The highest BCUT2D eigenvalue weighted by atomic mass is 16.7. The van der Waals surface area contributed by atoms with Gasteiger partial charge in [-0.15, -0.1) is 0 Å². The third kappa shape index (κ3) is 5.52. The van der Waals surface area contributed by atoms with Crippen LogP contribution in [0.4, 0.5) is 4.79 Å². The summed E-state index contributed by atoms with van der Waals surface area (Å²) in [5, 5.41) is 28.6. The summed E-state index contributed by atoms with van der Waals surface area (Å²) >= 11 is 0. The molecule has 0 saturated heterocycles. The minimum atomic E-state index is -1.76. The zero-order chi connectivity index (χ0) is 19.9. The third-order valence-electron chi connectivity index (χ3n) is 4.45. The number of aromatic hydroxyl groups is 2. The number of nitrogens with two attached hydrogens (primary N) is 1. The van der Waals surface area contributed by atoms with Crippen molar-refractivity contribution in [2.45, 2.75) is 51.7 Å². The summed E-state index contributed by atoms with van der Waals surface area (Å²) in [5.41, 5.74) is 4.80. The number of phenols is 2. The van der Waals surface area contributed by atoms with E-state index < -0.39 is 29.7 Å². The molecule has 8 heteroatoms. The van der Waals surface area contributed by atoms with Gasteiger partial charge in [0, 0.05) is 12.3 Å². The maximum Gasteiger partial charge on any atom is 0.508 e. The molecule has 0 bridgehead atoms. The van der Waals surface area contributed by atoms with E-state index >= 15 is 0 Å². The van der Waals surface area contributed by atoms with Gasteiger partial charge in [0.2, 0.25) is 0 Å². The topological polar surface area (TPSA) is 139 Å². The van der Waals surface area contributed by atoms with Crippen molar-refractivity contribution in [3.8, 4) is 11.5 Å². The summed E-state index contributed by atoms with van der Waals surface area (Å²) in [5.74, 6) is -2.71. The Morgan fingerprint density at radius 1 is 1.23 bits per heavy atom. The Bertz CT molecular complexity index is 634. The Morgan fingerprint density at radius 3 is 2.42 bits per heavy atom. The summed E-state index contributed by atoms with van der Waals surface area (Å²) in [6, 6.07) is 3.97. The van der Waals surface area contributed by atoms with Gasteiger partial charge in [0.15, 0.2) is 11.5 Å². The Labute approximate surface area is 152 Å². The lowest BCUT2D eigenvalue weighted by Gasteiger charge is -2.34. The summed E-state index contributed by atoms with van der Waals surface area (Å²) in [6.07, 6.45) is -0.234. The number of hydrogen-bond donors (Lipinski definition) is 4. The van der Waals surface area contributed by atoms with Crippen molar-refractivity contribution >= 4 is 12.1 Å².